The molecular weight excluding hydrogens is 307 g/mol. The van der Waals surface area contributed by atoms with Gasteiger partial charge in [-0.15, -0.1) is 0 Å². The van der Waals surface area contributed by atoms with Crippen molar-refractivity contribution in [2.24, 2.45) is 0 Å². The predicted octanol–water partition coefficient (Wildman–Crippen LogP) is 2.43. The first-order chi connectivity index (χ1) is 7.22. The van der Waals surface area contributed by atoms with Gasteiger partial charge >= 0.3 is 5.97 Å². The van der Waals surface area contributed by atoms with E-state index >= 15 is 0 Å². The van der Waals surface area contributed by atoms with Crippen molar-refractivity contribution in [1.82, 2.24) is 0 Å². The Morgan fingerprint density at radius 2 is 2.07 bits per heavy atom. The van der Waals surface area contributed by atoms with Gasteiger partial charge in [-0.1, -0.05) is 40.8 Å². The van der Waals surface area contributed by atoms with E-state index in [9.17, 15) is 4.79 Å². The van der Waals surface area contributed by atoms with Crippen LogP contribution in [0.25, 0.3) is 0 Å². The SMILES string of the molecule is CC(=O)OC(CI)COc1ccccc1. The normalized spacial score (nSPS) is 11.9. The van der Waals surface area contributed by atoms with Gasteiger partial charge in [0.1, 0.15) is 18.5 Å². The maximum absolute atomic E-state index is 10.7. The molecule has 1 aromatic carbocycles. The minimum atomic E-state index is -0.270. The molecule has 0 aliphatic heterocycles. The largest absolute Gasteiger partial charge is 0.490 e. The molecule has 1 unspecified atom stereocenters. The van der Waals surface area contributed by atoms with Crippen molar-refractivity contribution in [2.75, 3.05) is 11.0 Å². The van der Waals surface area contributed by atoms with Crippen LogP contribution >= 0.6 is 22.6 Å². The number of alkyl halides is 1. The molecule has 0 spiro atoms. The van der Waals surface area contributed by atoms with Gasteiger partial charge in [-0.25, -0.2) is 0 Å². The van der Waals surface area contributed by atoms with E-state index in [2.05, 4.69) is 22.6 Å². The summed E-state index contributed by atoms with van der Waals surface area (Å²) in [6, 6.07) is 9.48. The van der Waals surface area contributed by atoms with Crippen LogP contribution in [0.2, 0.25) is 0 Å². The number of carbonyl (C=O) groups excluding carboxylic acids is 1. The van der Waals surface area contributed by atoms with Gasteiger partial charge in [0.25, 0.3) is 0 Å². The standard InChI is InChI=1S/C11H13IO3/c1-9(13)15-11(7-12)8-14-10-5-3-2-4-6-10/h2-6,11H,7-8H2,1H3. The summed E-state index contributed by atoms with van der Waals surface area (Å²) < 4.78 is 11.3. The van der Waals surface area contributed by atoms with E-state index in [4.69, 9.17) is 9.47 Å². The Labute approximate surface area is 103 Å². The fraction of sp³-hybridized carbons (Fsp3) is 0.364. The van der Waals surface area contributed by atoms with Gasteiger partial charge in [0.05, 0.1) is 0 Å². The number of para-hydroxylation sites is 1. The number of rotatable bonds is 5. The lowest BCUT2D eigenvalue weighted by Crippen LogP contribution is -2.25. The van der Waals surface area contributed by atoms with Crippen LogP contribution in [0.4, 0.5) is 0 Å². The third kappa shape index (κ3) is 5.01. The summed E-state index contributed by atoms with van der Waals surface area (Å²) in [6.45, 7) is 1.80. The first kappa shape index (κ1) is 12.3. The molecule has 0 bridgehead atoms. The summed E-state index contributed by atoms with van der Waals surface area (Å²) in [5.41, 5.74) is 0. The molecule has 1 atom stereocenters. The molecule has 0 aromatic heterocycles. The van der Waals surface area contributed by atoms with E-state index in [1.54, 1.807) is 0 Å². The summed E-state index contributed by atoms with van der Waals surface area (Å²) >= 11 is 2.17. The van der Waals surface area contributed by atoms with Crippen LogP contribution < -0.4 is 4.74 Å². The fourth-order valence-corrected chi connectivity index (χ4v) is 1.48. The Kier molecular flexibility index (Phi) is 5.45. The highest BCUT2D eigenvalue weighted by Gasteiger charge is 2.10. The van der Waals surface area contributed by atoms with Crippen molar-refractivity contribution >= 4 is 28.6 Å². The van der Waals surface area contributed by atoms with Gasteiger partial charge in [0, 0.05) is 11.4 Å². The average Bonchev–Trinajstić information content (AvgIpc) is 2.25. The Hall–Kier alpha value is -0.780. The second kappa shape index (κ2) is 6.66. The van der Waals surface area contributed by atoms with Crippen LogP contribution in [0.3, 0.4) is 0 Å². The predicted molar refractivity (Wildman–Crippen MR) is 66.4 cm³/mol. The minimum Gasteiger partial charge on any atom is -0.490 e. The lowest BCUT2D eigenvalue weighted by molar-refractivity contribution is -0.146. The Morgan fingerprint density at radius 1 is 1.40 bits per heavy atom. The number of ether oxygens (including phenoxy) is 2. The molecule has 4 heteroatoms. The van der Waals surface area contributed by atoms with Crippen LogP contribution in [-0.4, -0.2) is 23.1 Å². The fourth-order valence-electron chi connectivity index (χ4n) is 1.05. The van der Waals surface area contributed by atoms with E-state index in [0.29, 0.717) is 6.61 Å². The van der Waals surface area contributed by atoms with Crippen molar-refractivity contribution in [1.29, 1.82) is 0 Å². The van der Waals surface area contributed by atoms with Gasteiger partial charge in [-0.3, -0.25) is 4.79 Å². The monoisotopic (exact) mass is 320 g/mol. The maximum atomic E-state index is 10.7. The molecular formula is C11H13IO3. The van der Waals surface area contributed by atoms with Crippen LogP contribution in [-0.2, 0) is 9.53 Å². The number of halogens is 1. The number of hydrogen-bond acceptors (Lipinski definition) is 3. The molecule has 0 amide bonds. The quantitative estimate of drug-likeness (QED) is 0.475. The molecule has 0 aliphatic rings. The molecule has 0 saturated carbocycles. The Bertz CT molecular complexity index is 300. The van der Waals surface area contributed by atoms with E-state index in [0.717, 1.165) is 10.2 Å². The highest BCUT2D eigenvalue weighted by atomic mass is 127. The third-order valence-corrected chi connectivity index (χ3v) is 2.67. The summed E-state index contributed by atoms with van der Waals surface area (Å²) in [5.74, 6) is 0.521. The molecule has 0 aliphatic carbocycles. The molecule has 1 rings (SSSR count). The summed E-state index contributed by atoms with van der Waals surface area (Å²) in [6.07, 6.45) is -0.177. The highest BCUT2D eigenvalue weighted by Crippen LogP contribution is 2.10. The van der Waals surface area contributed by atoms with Gasteiger partial charge in [-0.05, 0) is 12.1 Å². The Balaban J connectivity index is 2.37. The van der Waals surface area contributed by atoms with Crippen molar-refractivity contribution in [3.8, 4) is 5.75 Å². The molecule has 15 heavy (non-hydrogen) atoms. The summed E-state index contributed by atoms with van der Waals surface area (Å²) in [5, 5.41) is 0. The number of esters is 1. The average molecular weight is 320 g/mol. The van der Waals surface area contributed by atoms with Gasteiger partial charge < -0.3 is 9.47 Å². The molecule has 0 heterocycles. The second-order valence-electron chi connectivity index (χ2n) is 3.01. The van der Waals surface area contributed by atoms with Crippen molar-refractivity contribution in [3.05, 3.63) is 30.3 Å². The molecule has 0 fully saturated rings. The first-order valence-corrected chi connectivity index (χ1v) is 6.16. The number of carbonyl (C=O) groups is 1. The van der Waals surface area contributed by atoms with Crippen LogP contribution in [0.15, 0.2) is 30.3 Å². The van der Waals surface area contributed by atoms with Crippen molar-refractivity contribution in [2.45, 2.75) is 13.0 Å². The van der Waals surface area contributed by atoms with E-state index in [1.807, 2.05) is 30.3 Å². The molecule has 3 nitrogen and oxygen atoms in total. The maximum Gasteiger partial charge on any atom is 0.303 e. The van der Waals surface area contributed by atoms with E-state index in [-0.39, 0.29) is 12.1 Å². The van der Waals surface area contributed by atoms with Crippen molar-refractivity contribution in [3.63, 3.8) is 0 Å². The zero-order valence-electron chi connectivity index (χ0n) is 8.48. The van der Waals surface area contributed by atoms with E-state index < -0.39 is 0 Å². The first-order valence-electron chi connectivity index (χ1n) is 4.63. The zero-order valence-corrected chi connectivity index (χ0v) is 10.6. The van der Waals surface area contributed by atoms with Crippen LogP contribution in [0.1, 0.15) is 6.92 Å². The van der Waals surface area contributed by atoms with Gasteiger partial charge in [0.15, 0.2) is 0 Å². The molecule has 1 aromatic rings. The molecule has 0 radical (unpaired) electrons. The molecule has 82 valence electrons. The van der Waals surface area contributed by atoms with Crippen LogP contribution in [0.5, 0.6) is 5.75 Å². The minimum absolute atomic E-state index is 0.177. The lowest BCUT2D eigenvalue weighted by Gasteiger charge is -2.15. The molecule has 0 N–H and O–H groups in total. The topological polar surface area (TPSA) is 35.5 Å². The van der Waals surface area contributed by atoms with Crippen LogP contribution in [0, 0.1) is 0 Å². The second-order valence-corrected chi connectivity index (χ2v) is 3.89. The number of benzene rings is 1. The number of hydrogen-bond donors (Lipinski definition) is 0. The third-order valence-electron chi connectivity index (χ3n) is 1.68. The van der Waals surface area contributed by atoms with Crippen molar-refractivity contribution < 1.29 is 14.3 Å². The highest BCUT2D eigenvalue weighted by molar-refractivity contribution is 14.1. The summed E-state index contributed by atoms with van der Waals surface area (Å²) in [4.78, 5) is 10.7. The Morgan fingerprint density at radius 3 is 2.60 bits per heavy atom. The van der Waals surface area contributed by atoms with E-state index in [1.165, 1.54) is 6.92 Å². The summed E-state index contributed by atoms with van der Waals surface area (Å²) in [7, 11) is 0. The smallest absolute Gasteiger partial charge is 0.303 e. The lowest BCUT2D eigenvalue weighted by atomic mass is 10.3. The van der Waals surface area contributed by atoms with Gasteiger partial charge in [-0.2, -0.15) is 0 Å². The zero-order chi connectivity index (χ0) is 11.1. The van der Waals surface area contributed by atoms with Gasteiger partial charge in [0.2, 0.25) is 0 Å². The molecule has 0 saturated heterocycles.